The van der Waals surface area contributed by atoms with Crippen LogP contribution in [0.4, 0.5) is 4.39 Å². The maximum absolute atomic E-state index is 13.7. The molecule has 0 spiro atoms. The van der Waals surface area contributed by atoms with Crippen LogP contribution in [0.1, 0.15) is 46.6 Å². The molecule has 2 aromatic carbocycles. The van der Waals surface area contributed by atoms with Crippen molar-refractivity contribution < 1.29 is 23.5 Å². The molecule has 0 unspecified atom stereocenters. The summed E-state index contributed by atoms with van der Waals surface area (Å²) in [4.78, 5) is 31.5. The third-order valence-corrected chi connectivity index (χ3v) is 7.41. The summed E-state index contributed by atoms with van der Waals surface area (Å²) in [5.41, 5.74) is 2.41. The standard InChI is InChI=1S/C28H31FN2O4S/c1-4-19(2)14-31(28(33)22-6-8-23(29)9-7-22)17-27(32)30(16-26-20(3)11-12-36-26)15-21-5-10-24-25(13-21)35-18-34-24/h5-13,19H,4,14-18H2,1-3H3/t19-/m0/s1. The van der Waals surface area contributed by atoms with Gasteiger partial charge in [-0.2, -0.15) is 0 Å². The number of carbonyl (C=O) groups is 2. The molecule has 2 heterocycles. The monoisotopic (exact) mass is 510 g/mol. The second kappa shape index (κ2) is 11.6. The molecule has 36 heavy (non-hydrogen) atoms. The summed E-state index contributed by atoms with van der Waals surface area (Å²) < 4.78 is 24.4. The van der Waals surface area contributed by atoms with Crippen molar-refractivity contribution >= 4 is 23.2 Å². The Hall–Kier alpha value is -3.39. The number of amides is 2. The summed E-state index contributed by atoms with van der Waals surface area (Å²) in [5.74, 6) is 0.729. The number of aryl methyl sites for hydroxylation is 1. The van der Waals surface area contributed by atoms with Crippen molar-refractivity contribution in [2.45, 2.75) is 40.3 Å². The van der Waals surface area contributed by atoms with E-state index in [2.05, 4.69) is 13.8 Å². The van der Waals surface area contributed by atoms with Gasteiger partial charge in [-0.05, 0) is 71.8 Å². The highest BCUT2D eigenvalue weighted by Gasteiger charge is 2.25. The van der Waals surface area contributed by atoms with E-state index in [0.29, 0.717) is 36.7 Å². The summed E-state index contributed by atoms with van der Waals surface area (Å²) >= 11 is 1.61. The van der Waals surface area contributed by atoms with Crippen molar-refractivity contribution in [3.05, 3.63) is 81.3 Å². The van der Waals surface area contributed by atoms with Gasteiger partial charge in [-0.1, -0.05) is 26.3 Å². The fraction of sp³-hybridized carbons (Fsp3) is 0.357. The largest absolute Gasteiger partial charge is 0.454 e. The fourth-order valence-electron chi connectivity index (χ4n) is 3.99. The first-order valence-corrected chi connectivity index (χ1v) is 13.0. The number of rotatable bonds is 10. The number of thiophene rings is 1. The van der Waals surface area contributed by atoms with E-state index < -0.39 is 5.82 Å². The van der Waals surface area contributed by atoms with E-state index in [1.165, 1.54) is 24.3 Å². The Labute approximate surface area is 215 Å². The van der Waals surface area contributed by atoms with Crippen LogP contribution in [0.15, 0.2) is 53.9 Å². The van der Waals surface area contributed by atoms with Crippen LogP contribution in [-0.4, -0.2) is 41.5 Å². The summed E-state index contributed by atoms with van der Waals surface area (Å²) in [7, 11) is 0. The van der Waals surface area contributed by atoms with Gasteiger partial charge in [0.1, 0.15) is 12.4 Å². The number of benzene rings is 2. The highest BCUT2D eigenvalue weighted by atomic mass is 32.1. The van der Waals surface area contributed by atoms with E-state index in [9.17, 15) is 14.0 Å². The van der Waals surface area contributed by atoms with Crippen LogP contribution in [0.2, 0.25) is 0 Å². The number of hydrogen-bond acceptors (Lipinski definition) is 5. The van der Waals surface area contributed by atoms with Crippen molar-refractivity contribution in [3.8, 4) is 11.5 Å². The molecule has 2 amide bonds. The molecule has 1 aliphatic rings. The highest BCUT2D eigenvalue weighted by Crippen LogP contribution is 2.33. The SMILES string of the molecule is CC[C@H](C)CN(CC(=O)N(Cc1ccc2c(c1)OCO2)Cc1sccc1C)C(=O)c1ccc(F)cc1. The molecule has 0 radical (unpaired) electrons. The van der Waals surface area contributed by atoms with E-state index in [0.717, 1.165) is 22.4 Å². The summed E-state index contributed by atoms with van der Waals surface area (Å²) in [6.07, 6.45) is 0.872. The minimum Gasteiger partial charge on any atom is -0.454 e. The summed E-state index contributed by atoms with van der Waals surface area (Å²) in [6, 6.07) is 13.2. The molecule has 0 N–H and O–H groups in total. The summed E-state index contributed by atoms with van der Waals surface area (Å²) in [6.45, 7) is 7.51. The zero-order valence-electron chi connectivity index (χ0n) is 20.8. The van der Waals surface area contributed by atoms with Gasteiger partial charge in [0.25, 0.3) is 5.91 Å². The number of fused-ring (bicyclic) bond motifs is 1. The molecule has 1 atom stereocenters. The van der Waals surface area contributed by atoms with Gasteiger partial charge in [-0.3, -0.25) is 9.59 Å². The number of halogens is 1. The van der Waals surface area contributed by atoms with E-state index in [1.54, 1.807) is 21.1 Å². The number of hydrogen-bond donors (Lipinski definition) is 0. The average molecular weight is 511 g/mol. The van der Waals surface area contributed by atoms with E-state index >= 15 is 0 Å². The minimum atomic E-state index is -0.405. The second-order valence-corrected chi connectivity index (χ2v) is 10.2. The fourth-order valence-corrected chi connectivity index (χ4v) is 4.92. The Bertz CT molecular complexity index is 1210. The predicted molar refractivity (Wildman–Crippen MR) is 138 cm³/mol. The molecule has 6 nitrogen and oxygen atoms in total. The molecular weight excluding hydrogens is 479 g/mol. The lowest BCUT2D eigenvalue weighted by Crippen LogP contribution is -2.44. The molecule has 0 fully saturated rings. The molecule has 3 aromatic rings. The molecule has 4 rings (SSSR count). The molecule has 190 valence electrons. The lowest BCUT2D eigenvalue weighted by Gasteiger charge is -2.29. The lowest BCUT2D eigenvalue weighted by atomic mass is 10.1. The molecule has 0 saturated carbocycles. The van der Waals surface area contributed by atoms with Crippen molar-refractivity contribution in [2.24, 2.45) is 5.92 Å². The second-order valence-electron chi connectivity index (χ2n) is 9.17. The molecular formula is C28H31FN2O4S. The van der Waals surface area contributed by atoms with Crippen LogP contribution < -0.4 is 9.47 Å². The Morgan fingerprint density at radius 2 is 1.78 bits per heavy atom. The van der Waals surface area contributed by atoms with E-state index in [1.807, 2.05) is 36.6 Å². The Morgan fingerprint density at radius 3 is 2.47 bits per heavy atom. The van der Waals surface area contributed by atoms with Crippen LogP contribution in [-0.2, 0) is 17.9 Å². The minimum absolute atomic E-state index is 0.0600. The van der Waals surface area contributed by atoms with Gasteiger partial charge in [0.2, 0.25) is 12.7 Å². The molecule has 0 aliphatic carbocycles. The number of carbonyl (C=O) groups excluding carboxylic acids is 2. The van der Waals surface area contributed by atoms with Crippen LogP contribution in [0.5, 0.6) is 11.5 Å². The van der Waals surface area contributed by atoms with Gasteiger partial charge >= 0.3 is 0 Å². The number of nitrogens with zero attached hydrogens (tertiary/aromatic N) is 2. The normalized spacial score (nSPS) is 12.9. The van der Waals surface area contributed by atoms with Gasteiger partial charge < -0.3 is 19.3 Å². The average Bonchev–Trinajstić information content (AvgIpc) is 3.51. The van der Waals surface area contributed by atoms with Gasteiger partial charge in [0.15, 0.2) is 11.5 Å². The lowest BCUT2D eigenvalue weighted by molar-refractivity contribution is -0.133. The Balaban J connectivity index is 1.57. The third kappa shape index (κ3) is 6.23. The maximum Gasteiger partial charge on any atom is 0.254 e. The zero-order valence-corrected chi connectivity index (χ0v) is 21.6. The Kier molecular flexibility index (Phi) is 8.25. The quantitative estimate of drug-likeness (QED) is 0.354. The van der Waals surface area contributed by atoms with Gasteiger partial charge in [0.05, 0.1) is 6.54 Å². The highest BCUT2D eigenvalue weighted by molar-refractivity contribution is 7.10. The van der Waals surface area contributed by atoms with Crippen LogP contribution in [0.25, 0.3) is 0 Å². The molecule has 0 bridgehead atoms. The van der Waals surface area contributed by atoms with E-state index in [4.69, 9.17) is 9.47 Å². The van der Waals surface area contributed by atoms with Gasteiger partial charge in [-0.15, -0.1) is 11.3 Å². The maximum atomic E-state index is 13.7. The molecule has 8 heteroatoms. The van der Waals surface area contributed by atoms with Crippen LogP contribution in [0.3, 0.4) is 0 Å². The van der Waals surface area contributed by atoms with Crippen LogP contribution in [0, 0.1) is 18.7 Å². The number of ether oxygens (including phenoxy) is 2. The first-order valence-electron chi connectivity index (χ1n) is 12.1. The van der Waals surface area contributed by atoms with Gasteiger partial charge in [-0.25, -0.2) is 4.39 Å². The first-order chi connectivity index (χ1) is 17.3. The third-order valence-electron chi connectivity index (χ3n) is 6.40. The molecule has 0 saturated heterocycles. The predicted octanol–water partition coefficient (Wildman–Crippen LogP) is 5.64. The van der Waals surface area contributed by atoms with Crippen molar-refractivity contribution in [3.63, 3.8) is 0 Å². The Morgan fingerprint density at radius 1 is 1.03 bits per heavy atom. The van der Waals surface area contributed by atoms with Gasteiger partial charge in [0, 0.05) is 23.5 Å². The van der Waals surface area contributed by atoms with Crippen LogP contribution >= 0.6 is 11.3 Å². The van der Waals surface area contributed by atoms with Crippen molar-refractivity contribution in [1.82, 2.24) is 9.80 Å². The molecule has 1 aromatic heterocycles. The topological polar surface area (TPSA) is 59.1 Å². The van der Waals surface area contributed by atoms with Crippen molar-refractivity contribution in [1.29, 1.82) is 0 Å². The summed E-state index contributed by atoms with van der Waals surface area (Å²) in [5, 5.41) is 2.02. The molecule has 1 aliphatic heterocycles. The first kappa shape index (κ1) is 25.7. The van der Waals surface area contributed by atoms with Crippen molar-refractivity contribution in [2.75, 3.05) is 19.9 Å². The zero-order chi connectivity index (χ0) is 25.7. The smallest absolute Gasteiger partial charge is 0.254 e. The van der Waals surface area contributed by atoms with E-state index in [-0.39, 0.29) is 31.1 Å².